The van der Waals surface area contributed by atoms with Crippen LogP contribution >= 0.6 is 11.6 Å². The summed E-state index contributed by atoms with van der Waals surface area (Å²) in [5.41, 5.74) is 3.77. The van der Waals surface area contributed by atoms with Crippen LogP contribution in [0.4, 0.5) is 0 Å². The van der Waals surface area contributed by atoms with Crippen molar-refractivity contribution < 1.29 is 14.3 Å². The Balaban J connectivity index is 1.73. The number of hydrogen-bond donors (Lipinski definition) is 1. The van der Waals surface area contributed by atoms with Gasteiger partial charge in [-0.25, -0.2) is 4.79 Å². The van der Waals surface area contributed by atoms with Crippen LogP contribution in [0.1, 0.15) is 83.6 Å². The molecule has 2 aliphatic carbocycles. The first-order valence-electron chi connectivity index (χ1n) is 11.5. The van der Waals surface area contributed by atoms with Crippen molar-refractivity contribution in [2.75, 3.05) is 0 Å². The van der Waals surface area contributed by atoms with Crippen molar-refractivity contribution in [3.63, 3.8) is 0 Å². The standard InChI is InChI=1S/C26H32ClNO3/c1-16-22(25(30)31-19-8-6-4-5-7-9-19)23(17-10-12-18(27)13-11-17)24-20(28-16)14-26(2,3)15-21(24)29/h10-13,19,23,28H,4-9,14-15H2,1-3H3/t23-/m1/s1. The van der Waals surface area contributed by atoms with Gasteiger partial charge in [0.15, 0.2) is 5.78 Å². The summed E-state index contributed by atoms with van der Waals surface area (Å²) in [6.07, 6.45) is 7.63. The molecule has 0 aromatic heterocycles. The van der Waals surface area contributed by atoms with Gasteiger partial charge in [-0.05, 0) is 62.1 Å². The maximum atomic E-state index is 13.5. The second kappa shape index (κ2) is 8.82. The highest BCUT2D eigenvalue weighted by atomic mass is 35.5. The molecule has 31 heavy (non-hydrogen) atoms. The van der Waals surface area contributed by atoms with Crippen LogP contribution in [-0.2, 0) is 14.3 Å². The molecule has 3 aliphatic rings. The number of nitrogens with one attached hydrogen (secondary N) is 1. The van der Waals surface area contributed by atoms with E-state index in [2.05, 4.69) is 19.2 Å². The fourth-order valence-electron chi connectivity index (χ4n) is 5.27. The van der Waals surface area contributed by atoms with Gasteiger partial charge in [0.2, 0.25) is 0 Å². The molecule has 0 unspecified atom stereocenters. The third-order valence-corrected chi connectivity index (χ3v) is 6.99. The van der Waals surface area contributed by atoms with Gasteiger partial charge in [-0.3, -0.25) is 4.79 Å². The maximum absolute atomic E-state index is 13.5. The van der Waals surface area contributed by atoms with E-state index in [1.165, 1.54) is 12.8 Å². The van der Waals surface area contributed by atoms with Crippen LogP contribution in [0.2, 0.25) is 5.02 Å². The Hall–Kier alpha value is -2.07. The number of benzene rings is 1. The third-order valence-electron chi connectivity index (χ3n) is 6.74. The number of halogens is 1. The lowest BCUT2D eigenvalue weighted by Gasteiger charge is -2.39. The average Bonchev–Trinajstić information content (AvgIpc) is 2.95. The molecule has 1 fully saturated rings. The van der Waals surface area contributed by atoms with E-state index in [1.807, 2.05) is 31.2 Å². The van der Waals surface area contributed by atoms with E-state index in [1.54, 1.807) is 0 Å². The first-order chi connectivity index (χ1) is 14.7. The topological polar surface area (TPSA) is 55.4 Å². The minimum Gasteiger partial charge on any atom is -0.459 e. The first-order valence-corrected chi connectivity index (χ1v) is 11.8. The highest BCUT2D eigenvalue weighted by Crippen LogP contribution is 2.47. The second-order valence-electron chi connectivity index (χ2n) is 10.0. The summed E-state index contributed by atoms with van der Waals surface area (Å²) >= 11 is 6.13. The molecule has 0 saturated heterocycles. The molecule has 1 aromatic rings. The summed E-state index contributed by atoms with van der Waals surface area (Å²) in [4.78, 5) is 26.8. The summed E-state index contributed by atoms with van der Waals surface area (Å²) in [5, 5.41) is 4.04. The zero-order valence-electron chi connectivity index (χ0n) is 18.7. The molecule has 5 heteroatoms. The lowest BCUT2D eigenvalue weighted by Crippen LogP contribution is -2.39. The molecule has 1 saturated carbocycles. The molecule has 1 N–H and O–H groups in total. The van der Waals surface area contributed by atoms with Gasteiger partial charge < -0.3 is 10.1 Å². The maximum Gasteiger partial charge on any atom is 0.337 e. The Kier molecular flexibility index (Phi) is 6.30. The number of carbonyl (C=O) groups excluding carboxylic acids is 2. The summed E-state index contributed by atoms with van der Waals surface area (Å²) in [7, 11) is 0. The fourth-order valence-corrected chi connectivity index (χ4v) is 5.40. The van der Waals surface area contributed by atoms with Gasteiger partial charge in [0, 0.05) is 34.3 Å². The molecule has 0 spiro atoms. The minimum atomic E-state index is -0.421. The van der Waals surface area contributed by atoms with Gasteiger partial charge in [0.25, 0.3) is 0 Å². The van der Waals surface area contributed by atoms with Crippen molar-refractivity contribution in [3.05, 3.63) is 57.4 Å². The summed E-state index contributed by atoms with van der Waals surface area (Å²) in [6.45, 7) is 6.15. The van der Waals surface area contributed by atoms with E-state index in [9.17, 15) is 9.59 Å². The SMILES string of the molecule is CC1=C(C(=O)OC2CCCCCC2)[C@@H](c2ccc(Cl)cc2)C2=C(CC(C)(C)CC2=O)N1. The van der Waals surface area contributed by atoms with Crippen molar-refractivity contribution >= 4 is 23.4 Å². The van der Waals surface area contributed by atoms with Crippen LogP contribution in [0.25, 0.3) is 0 Å². The number of hydrogen-bond acceptors (Lipinski definition) is 4. The molecule has 1 aliphatic heterocycles. The number of rotatable bonds is 3. The number of esters is 1. The molecular formula is C26H32ClNO3. The first kappa shape index (κ1) is 22.1. The summed E-state index contributed by atoms with van der Waals surface area (Å²) in [5.74, 6) is -0.623. The predicted molar refractivity (Wildman–Crippen MR) is 123 cm³/mol. The second-order valence-corrected chi connectivity index (χ2v) is 10.4. The Morgan fingerprint density at radius 2 is 1.71 bits per heavy atom. The summed E-state index contributed by atoms with van der Waals surface area (Å²) in [6, 6.07) is 7.48. The number of ketones is 1. The molecular weight excluding hydrogens is 410 g/mol. The molecule has 166 valence electrons. The van der Waals surface area contributed by atoms with Gasteiger partial charge in [-0.1, -0.05) is 50.4 Å². The van der Waals surface area contributed by atoms with Gasteiger partial charge >= 0.3 is 5.97 Å². The largest absolute Gasteiger partial charge is 0.459 e. The van der Waals surface area contributed by atoms with E-state index < -0.39 is 5.92 Å². The fraction of sp³-hybridized carbons (Fsp3) is 0.538. The number of ether oxygens (including phenoxy) is 1. The number of dihydropyridines is 1. The van der Waals surface area contributed by atoms with E-state index in [4.69, 9.17) is 16.3 Å². The van der Waals surface area contributed by atoms with Gasteiger partial charge in [0.1, 0.15) is 6.10 Å². The number of carbonyl (C=O) groups is 2. The highest BCUT2D eigenvalue weighted by Gasteiger charge is 2.43. The van der Waals surface area contributed by atoms with E-state index in [0.29, 0.717) is 22.6 Å². The van der Waals surface area contributed by atoms with Crippen LogP contribution < -0.4 is 5.32 Å². The molecule has 4 rings (SSSR count). The Labute approximate surface area is 190 Å². The average molecular weight is 442 g/mol. The molecule has 0 bridgehead atoms. The van der Waals surface area contributed by atoms with E-state index >= 15 is 0 Å². The highest BCUT2D eigenvalue weighted by molar-refractivity contribution is 6.30. The Morgan fingerprint density at radius 3 is 2.35 bits per heavy atom. The quantitative estimate of drug-likeness (QED) is 0.447. The van der Waals surface area contributed by atoms with Crippen LogP contribution in [0.15, 0.2) is 46.8 Å². The zero-order valence-corrected chi connectivity index (χ0v) is 19.5. The normalized spacial score (nSPS) is 24.4. The van der Waals surface area contributed by atoms with Crippen molar-refractivity contribution in [1.82, 2.24) is 5.32 Å². The van der Waals surface area contributed by atoms with E-state index in [-0.39, 0.29) is 23.3 Å². The Bertz CT molecular complexity index is 934. The van der Waals surface area contributed by atoms with Crippen LogP contribution in [-0.4, -0.2) is 17.9 Å². The van der Waals surface area contributed by atoms with Crippen molar-refractivity contribution in [2.45, 2.75) is 84.2 Å². The van der Waals surface area contributed by atoms with Gasteiger partial charge in [0.05, 0.1) is 5.57 Å². The van der Waals surface area contributed by atoms with Crippen molar-refractivity contribution in [1.29, 1.82) is 0 Å². The third kappa shape index (κ3) is 4.74. The van der Waals surface area contributed by atoms with Crippen LogP contribution in [0, 0.1) is 5.41 Å². The molecule has 4 nitrogen and oxygen atoms in total. The van der Waals surface area contributed by atoms with Crippen molar-refractivity contribution in [3.8, 4) is 0 Å². The van der Waals surface area contributed by atoms with Gasteiger partial charge in [-0.2, -0.15) is 0 Å². The van der Waals surface area contributed by atoms with Gasteiger partial charge in [-0.15, -0.1) is 0 Å². The lowest BCUT2D eigenvalue weighted by molar-refractivity contribution is -0.145. The predicted octanol–water partition coefficient (Wildman–Crippen LogP) is 6.21. The van der Waals surface area contributed by atoms with E-state index in [0.717, 1.165) is 49.1 Å². The zero-order chi connectivity index (χ0) is 22.2. The monoisotopic (exact) mass is 441 g/mol. The summed E-state index contributed by atoms with van der Waals surface area (Å²) < 4.78 is 6.02. The smallest absolute Gasteiger partial charge is 0.337 e. The molecule has 1 aromatic carbocycles. The molecule has 1 heterocycles. The van der Waals surface area contributed by atoms with Crippen molar-refractivity contribution in [2.24, 2.45) is 5.41 Å². The number of Topliss-reactive ketones (excluding diaryl/α,β-unsaturated/α-hetero) is 1. The minimum absolute atomic E-state index is 0.0439. The molecule has 0 amide bonds. The Morgan fingerprint density at radius 1 is 1.06 bits per heavy atom. The lowest BCUT2D eigenvalue weighted by atomic mass is 9.68. The number of allylic oxidation sites excluding steroid dienone is 3. The molecule has 0 radical (unpaired) electrons. The molecule has 1 atom stereocenters. The van der Waals surface area contributed by atoms with Crippen LogP contribution in [0.3, 0.4) is 0 Å². The van der Waals surface area contributed by atoms with Crippen LogP contribution in [0.5, 0.6) is 0 Å².